The van der Waals surface area contributed by atoms with Crippen molar-refractivity contribution in [3.8, 4) is 12.3 Å². The summed E-state index contributed by atoms with van der Waals surface area (Å²) in [5.74, 6) is 3.69. The maximum Gasteiger partial charge on any atom is 0.00981 e. The van der Waals surface area contributed by atoms with Crippen LogP contribution < -0.4 is 5.32 Å². The molecule has 62 valence electrons. The van der Waals surface area contributed by atoms with E-state index in [4.69, 9.17) is 6.42 Å². The lowest BCUT2D eigenvalue weighted by atomic mass is 10.3. The largest absolute Gasteiger partial charge is 0.317 e. The van der Waals surface area contributed by atoms with Gasteiger partial charge in [0.25, 0.3) is 0 Å². The van der Waals surface area contributed by atoms with E-state index in [1.54, 1.807) is 0 Å². The van der Waals surface area contributed by atoms with Crippen molar-refractivity contribution in [1.82, 2.24) is 5.32 Å². The Balaban J connectivity index is 1.70. The van der Waals surface area contributed by atoms with Crippen molar-refractivity contribution in [2.45, 2.75) is 32.1 Å². The van der Waals surface area contributed by atoms with Gasteiger partial charge in [0.15, 0.2) is 0 Å². The lowest BCUT2D eigenvalue weighted by Crippen LogP contribution is -2.16. The van der Waals surface area contributed by atoms with E-state index in [0.717, 1.165) is 25.3 Å². The average molecular weight is 151 g/mol. The fourth-order valence-electron chi connectivity index (χ4n) is 1.15. The monoisotopic (exact) mass is 151 g/mol. The number of hydrogen-bond donors (Lipinski definition) is 1. The zero-order chi connectivity index (χ0) is 7.94. The van der Waals surface area contributed by atoms with Gasteiger partial charge in [-0.1, -0.05) is 12.8 Å². The number of terminal acetylenes is 1. The van der Waals surface area contributed by atoms with E-state index in [2.05, 4.69) is 11.2 Å². The Bertz CT molecular complexity index is 130. The van der Waals surface area contributed by atoms with Gasteiger partial charge in [-0.15, -0.1) is 12.3 Å². The van der Waals surface area contributed by atoms with Crippen molar-refractivity contribution < 1.29 is 0 Å². The van der Waals surface area contributed by atoms with Crippen LogP contribution in [-0.4, -0.2) is 13.1 Å². The second-order valence-electron chi connectivity index (χ2n) is 3.29. The Kier molecular flexibility index (Phi) is 4.08. The van der Waals surface area contributed by atoms with Crippen molar-refractivity contribution in [3.63, 3.8) is 0 Å². The van der Waals surface area contributed by atoms with Crippen LogP contribution in [0, 0.1) is 18.3 Å². The van der Waals surface area contributed by atoms with E-state index in [1.807, 2.05) is 0 Å². The van der Waals surface area contributed by atoms with Gasteiger partial charge in [0.2, 0.25) is 0 Å². The van der Waals surface area contributed by atoms with Crippen LogP contribution in [0.4, 0.5) is 0 Å². The van der Waals surface area contributed by atoms with E-state index in [0.29, 0.717) is 0 Å². The summed E-state index contributed by atoms with van der Waals surface area (Å²) in [6.07, 6.45) is 11.5. The average Bonchev–Trinajstić information content (AvgIpc) is 2.80. The van der Waals surface area contributed by atoms with Crippen LogP contribution in [-0.2, 0) is 0 Å². The molecule has 1 rings (SSSR count). The topological polar surface area (TPSA) is 12.0 Å². The molecule has 1 aliphatic rings. The summed E-state index contributed by atoms with van der Waals surface area (Å²) in [5, 5.41) is 3.40. The molecule has 0 aromatic carbocycles. The minimum absolute atomic E-state index is 0.913. The van der Waals surface area contributed by atoms with E-state index < -0.39 is 0 Å². The van der Waals surface area contributed by atoms with Gasteiger partial charge in [0.05, 0.1) is 0 Å². The van der Waals surface area contributed by atoms with Gasteiger partial charge in [0, 0.05) is 6.42 Å². The zero-order valence-corrected chi connectivity index (χ0v) is 7.10. The van der Waals surface area contributed by atoms with Gasteiger partial charge in [0.1, 0.15) is 0 Å². The summed E-state index contributed by atoms with van der Waals surface area (Å²) >= 11 is 0. The first-order valence-electron chi connectivity index (χ1n) is 4.57. The molecule has 0 saturated heterocycles. The SMILES string of the molecule is C#CCCCNCCC1CC1. The van der Waals surface area contributed by atoms with E-state index in [9.17, 15) is 0 Å². The van der Waals surface area contributed by atoms with Crippen molar-refractivity contribution >= 4 is 0 Å². The fraction of sp³-hybridized carbons (Fsp3) is 0.800. The molecule has 0 aromatic heterocycles. The first kappa shape index (κ1) is 8.62. The smallest absolute Gasteiger partial charge is 0.00981 e. The molecular weight excluding hydrogens is 134 g/mol. The van der Waals surface area contributed by atoms with Gasteiger partial charge < -0.3 is 5.32 Å². The van der Waals surface area contributed by atoms with Crippen molar-refractivity contribution in [2.75, 3.05) is 13.1 Å². The van der Waals surface area contributed by atoms with Crippen LogP contribution in [0.25, 0.3) is 0 Å². The summed E-state index contributed by atoms with van der Waals surface area (Å²) in [7, 11) is 0. The Morgan fingerprint density at radius 2 is 2.18 bits per heavy atom. The predicted octanol–water partition coefficient (Wildman–Crippen LogP) is 1.79. The Hall–Kier alpha value is -0.480. The minimum atomic E-state index is 0.913. The maximum absolute atomic E-state index is 5.12. The van der Waals surface area contributed by atoms with E-state index in [-0.39, 0.29) is 0 Å². The number of rotatable bonds is 6. The molecule has 1 fully saturated rings. The van der Waals surface area contributed by atoms with Crippen molar-refractivity contribution in [1.29, 1.82) is 0 Å². The Morgan fingerprint density at radius 3 is 2.82 bits per heavy atom. The summed E-state index contributed by atoms with van der Waals surface area (Å²) in [5.41, 5.74) is 0. The lowest BCUT2D eigenvalue weighted by molar-refractivity contribution is 0.600. The number of unbranched alkanes of at least 4 members (excludes halogenated alkanes) is 1. The third-order valence-electron chi connectivity index (χ3n) is 2.10. The van der Waals surface area contributed by atoms with Crippen molar-refractivity contribution in [3.05, 3.63) is 0 Å². The molecule has 0 aliphatic heterocycles. The maximum atomic E-state index is 5.12. The highest BCUT2D eigenvalue weighted by Gasteiger charge is 2.19. The van der Waals surface area contributed by atoms with E-state index in [1.165, 1.54) is 25.8 Å². The van der Waals surface area contributed by atoms with Crippen LogP contribution in [0.15, 0.2) is 0 Å². The standard InChI is InChI=1S/C10H17N/c1-2-3-4-8-11-9-7-10-5-6-10/h1,10-11H,3-9H2. The highest BCUT2D eigenvalue weighted by molar-refractivity contribution is 4.83. The van der Waals surface area contributed by atoms with Crippen LogP contribution in [0.5, 0.6) is 0 Å². The van der Waals surface area contributed by atoms with Gasteiger partial charge in [-0.05, 0) is 31.8 Å². The number of nitrogens with one attached hydrogen (secondary N) is 1. The molecule has 0 amide bonds. The molecule has 0 unspecified atom stereocenters. The summed E-state index contributed by atoms with van der Waals surface area (Å²) in [6, 6.07) is 0. The molecule has 0 spiro atoms. The van der Waals surface area contributed by atoms with Gasteiger partial charge >= 0.3 is 0 Å². The molecule has 0 heterocycles. The highest BCUT2D eigenvalue weighted by atomic mass is 14.8. The fourth-order valence-corrected chi connectivity index (χ4v) is 1.15. The molecule has 0 radical (unpaired) electrons. The molecule has 1 saturated carbocycles. The molecular formula is C10H17N. The van der Waals surface area contributed by atoms with Gasteiger partial charge in [-0.3, -0.25) is 0 Å². The molecule has 1 aliphatic carbocycles. The highest BCUT2D eigenvalue weighted by Crippen LogP contribution is 2.31. The van der Waals surface area contributed by atoms with Gasteiger partial charge in [-0.2, -0.15) is 0 Å². The normalized spacial score (nSPS) is 16.3. The minimum Gasteiger partial charge on any atom is -0.317 e. The second kappa shape index (κ2) is 5.21. The van der Waals surface area contributed by atoms with E-state index >= 15 is 0 Å². The molecule has 0 bridgehead atoms. The predicted molar refractivity (Wildman–Crippen MR) is 48.3 cm³/mol. The Morgan fingerprint density at radius 1 is 1.36 bits per heavy atom. The molecule has 0 atom stereocenters. The summed E-state index contributed by atoms with van der Waals surface area (Å²) in [4.78, 5) is 0. The quantitative estimate of drug-likeness (QED) is 0.451. The summed E-state index contributed by atoms with van der Waals surface area (Å²) in [6.45, 7) is 2.28. The molecule has 1 nitrogen and oxygen atoms in total. The molecule has 1 heteroatoms. The van der Waals surface area contributed by atoms with Crippen LogP contribution in [0.1, 0.15) is 32.1 Å². The third kappa shape index (κ3) is 4.86. The Labute approximate surface area is 69.6 Å². The number of hydrogen-bond acceptors (Lipinski definition) is 1. The third-order valence-corrected chi connectivity index (χ3v) is 2.10. The van der Waals surface area contributed by atoms with Crippen LogP contribution in [0.2, 0.25) is 0 Å². The lowest BCUT2D eigenvalue weighted by Gasteiger charge is -2.00. The summed E-state index contributed by atoms with van der Waals surface area (Å²) < 4.78 is 0. The van der Waals surface area contributed by atoms with Gasteiger partial charge in [-0.25, -0.2) is 0 Å². The van der Waals surface area contributed by atoms with Crippen LogP contribution >= 0.6 is 0 Å². The molecule has 0 aromatic rings. The van der Waals surface area contributed by atoms with Crippen LogP contribution in [0.3, 0.4) is 0 Å². The molecule has 11 heavy (non-hydrogen) atoms. The zero-order valence-electron chi connectivity index (χ0n) is 7.10. The second-order valence-corrected chi connectivity index (χ2v) is 3.29. The van der Waals surface area contributed by atoms with Crippen molar-refractivity contribution in [2.24, 2.45) is 5.92 Å². The molecule has 1 N–H and O–H groups in total. The first-order valence-corrected chi connectivity index (χ1v) is 4.57. The first-order chi connectivity index (χ1) is 5.43.